The fourth-order valence-electron chi connectivity index (χ4n) is 3.64. The van der Waals surface area contributed by atoms with Crippen LogP contribution in [0.1, 0.15) is 33.1 Å². The van der Waals surface area contributed by atoms with Crippen molar-refractivity contribution in [1.29, 1.82) is 0 Å². The van der Waals surface area contributed by atoms with Crippen LogP contribution in [0.3, 0.4) is 0 Å². The van der Waals surface area contributed by atoms with Gasteiger partial charge in [0.25, 0.3) is 5.91 Å². The molecule has 1 unspecified atom stereocenters. The zero-order chi connectivity index (χ0) is 17.7. The summed E-state index contributed by atoms with van der Waals surface area (Å²) in [4.78, 5) is 29.5. The van der Waals surface area contributed by atoms with Crippen LogP contribution in [-0.2, 0) is 17.8 Å². The van der Waals surface area contributed by atoms with Crippen molar-refractivity contribution >= 4 is 22.8 Å². The first kappa shape index (κ1) is 15.5. The number of aromatic nitrogens is 1. The van der Waals surface area contributed by atoms with Crippen LogP contribution in [0.2, 0.25) is 0 Å². The lowest BCUT2D eigenvalue weighted by Crippen LogP contribution is -2.48. The third-order valence-electron chi connectivity index (χ3n) is 4.82. The molecule has 128 valence electrons. The number of hydrogen-bond acceptors (Lipinski definition) is 3. The molecule has 2 N–H and O–H groups in total. The highest BCUT2D eigenvalue weighted by atomic mass is 16.4. The largest absolute Gasteiger partial charge is 0.480 e. The molecule has 1 aromatic carbocycles. The first-order chi connectivity index (χ1) is 12.0. The number of rotatable bonds is 2. The highest BCUT2D eigenvalue weighted by Crippen LogP contribution is 2.31. The third-order valence-corrected chi connectivity index (χ3v) is 4.82. The van der Waals surface area contributed by atoms with Crippen LogP contribution in [0, 0.1) is 13.8 Å². The SMILES string of the molecule is Cc1cc(C(=O)N2Cc3[nH]c4ccccc4c3CC2C(=O)O)c(C)o1. The molecular weight excluding hydrogens is 320 g/mol. The van der Waals surface area contributed by atoms with E-state index in [4.69, 9.17) is 4.42 Å². The van der Waals surface area contributed by atoms with E-state index in [0.717, 1.165) is 22.2 Å². The van der Waals surface area contributed by atoms with E-state index in [-0.39, 0.29) is 18.9 Å². The van der Waals surface area contributed by atoms with Crippen molar-refractivity contribution in [3.05, 3.63) is 58.7 Å². The van der Waals surface area contributed by atoms with Gasteiger partial charge in [0.2, 0.25) is 0 Å². The number of benzene rings is 1. The number of fused-ring (bicyclic) bond motifs is 3. The minimum Gasteiger partial charge on any atom is -0.480 e. The maximum atomic E-state index is 13.0. The summed E-state index contributed by atoms with van der Waals surface area (Å²) in [7, 11) is 0. The first-order valence-corrected chi connectivity index (χ1v) is 8.15. The number of carbonyl (C=O) groups excluding carboxylic acids is 1. The van der Waals surface area contributed by atoms with E-state index in [1.54, 1.807) is 19.9 Å². The van der Waals surface area contributed by atoms with Crippen LogP contribution >= 0.6 is 0 Å². The van der Waals surface area contributed by atoms with Crippen LogP contribution in [0.5, 0.6) is 0 Å². The van der Waals surface area contributed by atoms with Gasteiger partial charge in [0.15, 0.2) is 0 Å². The second-order valence-electron chi connectivity index (χ2n) is 6.45. The molecule has 0 bridgehead atoms. The Balaban J connectivity index is 1.78. The minimum atomic E-state index is -0.998. The molecule has 25 heavy (non-hydrogen) atoms. The number of H-pyrrole nitrogens is 1. The van der Waals surface area contributed by atoms with Gasteiger partial charge in [0.05, 0.1) is 12.1 Å². The summed E-state index contributed by atoms with van der Waals surface area (Å²) < 4.78 is 5.44. The minimum absolute atomic E-state index is 0.240. The highest BCUT2D eigenvalue weighted by Gasteiger charge is 2.37. The number of amides is 1. The van der Waals surface area contributed by atoms with Gasteiger partial charge in [0.1, 0.15) is 17.6 Å². The Morgan fingerprint density at radius 3 is 2.72 bits per heavy atom. The molecule has 6 nitrogen and oxygen atoms in total. The van der Waals surface area contributed by atoms with E-state index in [1.807, 2.05) is 24.3 Å². The zero-order valence-electron chi connectivity index (χ0n) is 14.0. The van der Waals surface area contributed by atoms with Gasteiger partial charge in [-0.15, -0.1) is 0 Å². The smallest absolute Gasteiger partial charge is 0.326 e. The lowest BCUT2D eigenvalue weighted by Gasteiger charge is -2.33. The number of nitrogens with one attached hydrogen (secondary N) is 1. The van der Waals surface area contributed by atoms with Gasteiger partial charge in [-0.05, 0) is 31.5 Å². The molecule has 0 aliphatic carbocycles. The number of hydrogen-bond donors (Lipinski definition) is 2. The van der Waals surface area contributed by atoms with E-state index in [9.17, 15) is 14.7 Å². The van der Waals surface area contributed by atoms with E-state index < -0.39 is 12.0 Å². The van der Waals surface area contributed by atoms with Crippen LogP contribution < -0.4 is 0 Å². The number of aromatic amines is 1. The fraction of sp³-hybridized carbons (Fsp3) is 0.263. The number of nitrogens with zero attached hydrogens (tertiary/aromatic N) is 1. The van der Waals surface area contributed by atoms with Gasteiger partial charge >= 0.3 is 5.97 Å². The summed E-state index contributed by atoms with van der Waals surface area (Å²) >= 11 is 0. The Morgan fingerprint density at radius 2 is 2.04 bits per heavy atom. The Morgan fingerprint density at radius 1 is 1.28 bits per heavy atom. The second kappa shape index (κ2) is 5.51. The molecule has 0 saturated heterocycles. The fourth-order valence-corrected chi connectivity index (χ4v) is 3.64. The van der Waals surface area contributed by atoms with Gasteiger partial charge in [-0.25, -0.2) is 4.79 Å². The maximum absolute atomic E-state index is 13.0. The Bertz CT molecular complexity index is 998. The van der Waals surface area contributed by atoms with E-state index in [0.29, 0.717) is 17.1 Å². The molecule has 0 saturated carbocycles. The summed E-state index contributed by atoms with van der Waals surface area (Å²) in [6.45, 7) is 3.72. The number of carboxylic acid groups (broad SMARTS) is 1. The van der Waals surface area contributed by atoms with Crippen LogP contribution in [0.15, 0.2) is 34.7 Å². The van der Waals surface area contributed by atoms with Gasteiger partial charge < -0.3 is 19.4 Å². The monoisotopic (exact) mass is 338 g/mol. The predicted molar refractivity (Wildman–Crippen MR) is 91.5 cm³/mol. The maximum Gasteiger partial charge on any atom is 0.326 e. The summed E-state index contributed by atoms with van der Waals surface area (Å²) in [5, 5.41) is 10.7. The van der Waals surface area contributed by atoms with Crippen LogP contribution in [0.25, 0.3) is 10.9 Å². The lowest BCUT2D eigenvalue weighted by molar-refractivity contribution is -0.142. The summed E-state index contributed by atoms with van der Waals surface area (Å²) in [5.41, 5.74) is 3.25. The Hall–Kier alpha value is -3.02. The number of para-hydroxylation sites is 1. The topological polar surface area (TPSA) is 86.5 Å². The molecule has 2 aromatic heterocycles. The Kier molecular flexibility index (Phi) is 3.42. The van der Waals surface area contributed by atoms with Crippen molar-refractivity contribution in [2.75, 3.05) is 0 Å². The van der Waals surface area contributed by atoms with Crippen molar-refractivity contribution in [1.82, 2.24) is 9.88 Å². The van der Waals surface area contributed by atoms with Crippen molar-refractivity contribution in [3.63, 3.8) is 0 Å². The number of furan rings is 1. The molecule has 1 aliphatic rings. The normalized spacial score (nSPS) is 16.9. The highest BCUT2D eigenvalue weighted by molar-refractivity contribution is 5.98. The molecule has 0 radical (unpaired) electrons. The van der Waals surface area contributed by atoms with Crippen molar-refractivity contribution in [2.45, 2.75) is 32.9 Å². The van der Waals surface area contributed by atoms with E-state index in [2.05, 4.69) is 4.98 Å². The molecule has 1 aliphatic heterocycles. The second-order valence-corrected chi connectivity index (χ2v) is 6.45. The molecule has 4 rings (SSSR count). The number of carboxylic acids is 1. The van der Waals surface area contributed by atoms with Crippen molar-refractivity contribution in [3.8, 4) is 0 Å². The average Bonchev–Trinajstić information content (AvgIpc) is 3.11. The molecule has 3 aromatic rings. The molecule has 6 heteroatoms. The van der Waals surface area contributed by atoms with Gasteiger partial charge in [-0.3, -0.25) is 4.79 Å². The summed E-state index contributed by atoms with van der Waals surface area (Å²) in [6, 6.07) is 8.57. The Labute approximate surface area is 144 Å². The molecular formula is C19H18N2O4. The number of aryl methyl sites for hydroxylation is 2. The third kappa shape index (κ3) is 2.41. The van der Waals surface area contributed by atoms with Crippen LogP contribution in [0.4, 0.5) is 0 Å². The zero-order valence-corrected chi connectivity index (χ0v) is 14.0. The summed E-state index contributed by atoms with van der Waals surface area (Å²) in [5.74, 6) is -0.168. The van der Waals surface area contributed by atoms with Gasteiger partial charge in [0, 0.05) is 23.0 Å². The number of carbonyl (C=O) groups is 2. The molecule has 3 heterocycles. The molecule has 1 atom stereocenters. The summed E-state index contributed by atoms with van der Waals surface area (Å²) in [6.07, 6.45) is 0.288. The van der Waals surface area contributed by atoms with Gasteiger partial charge in [-0.1, -0.05) is 18.2 Å². The van der Waals surface area contributed by atoms with Crippen molar-refractivity contribution in [2.24, 2.45) is 0 Å². The molecule has 0 fully saturated rings. The molecule has 1 amide bonds. The van der Waals surface area contributed by atoms with E-state index >= 15 is 0 Å². The molecule has 0 spiro atoms. The quantitative estimate of drug-likeness (QED) is 0.752. The van der Waals surface area contributed by atoms with Gasteiger partial charge in [-0.2, -0.15) is 0 Å². The van der Waals surface area contributed by atoms with Crippen LogP contribution in [-0.4, -0.2) is 32.9 Å². The standard InChI is InChI=1S/C19H18N2O4/c1-10-7-13(11(2)25-10)18(22)21-9-16-14(8-17(21)19(23)24)12-5-3-4-6-15(12)20-16/h3-7,17,20H,8-9H2,1-2H3,(H,23,24). The predicted octanol–water partition coefficient (Wildman–Crippen LogP) is 3.03. The van der Waals surface area contributed by atoms with Crippen molar-refractivity contribution < 1.29 is 19.1 Å². The first-order valence-electron chi connectivity index (χ1n) is 8.15. The lowest BCUT2D eigenvalue weighted by atomic mass is 9.96. The number of aliphatic carboxylic acids is 1. The average molecular weight is 338 g/mol. The van der Waals surface area contributed by atoms with E-state index in [1.165, 1.54) is 4.90 Å².